The van der Waals surface area contributed by atoms with Crippen molar-refractivity contribution in [1.82, 2.24) is 0 Å². The Morgan fingerprint density at radius 2 is 2.00 bits per heavy atom. The van der Waals surface area contributed by atoms with Gasteiger partial charge in [-0.15, -0.1) is 0 Å². The highest BCUT2D eigenvalue weighted by Crippen LogP contribution is 2.30. The molecule has 1 aromatic rings. The zero-order valence-corrected chi connectivity index (χ0v) is 9.37. The topological polar surface area (TPSA) is 38.0 Å². The van der Waals surface area contributed by atoms with Gasteiger partial charge in [-0.2, -0.15) is 0 Å². The maximum absolute atomic E-state index is 5.64. The van der Waals surface area contributed by atoms with Gasteiger partial charge >= 0.3 is 0 Å². The lowest BCUT2D eigenvalue weighted by atomic mass is 10.1. The van der Waals surface area contributed by atoms with E-state index in [9.17, 15) is 0 Å². The van der Waals surface area contributed by atoms with Gasteiger partial charge in [-0.3, -0.25) is 0 Å². The predicted octanol–water partition coefficient (Wildman–Crippen LogP) is 3.12. The molecule has 0 aromatic heterocycles. The summed E-state index contributed by atoms with van der Waals surface area (Å²) in [5.74, 6) is 1.78. The molecule has 0 bridgehead atoms. The Kier molecular flexibility index (Phi) is 3.14. The standard InChI is InChI=1S/C13H20N2/c1-10-2-3-11(8-10)9-15-13-6-4-12(14)5-7-13/h4-7,10-11,15H,2-3,8-9,14H2,1H3. The summed E-state index contributed by atoms with van der Waals surface area (Å²) in [7, 11) is 0. The Morgan fingerprint density at radius 3 is 2.60 bits per heavy atom. The lowest BCUT2D eigenvalue weighted by Crippen LogP contribution is -2.11. The average Bonchev–Trinajstić information content (AvgIpc) is 2.64. The smallest absolute Gasteiger partial charge is 0.0341 e. The zero-order chi connectivity index (χ0) is 10.7. The van der Waals surface area contributed by atoms with E-state index < -0.39 is 0 Å². The van der Waals surface area contributed by atoms with E-state index in [1.807, 2.05) is 24.3 Å². The van der Waals surface area contributed by atoms with E-state index in [1.54, 1.807) is 0 Å². The molecule has 1 fully saturated rings. The van der Waals surface area contributed by atoms with Crippen molar-refractivity contribution in [2.75, 3.05) is 17.6 Å². The van der Waals surface area contributed by atoms with Crippen LogP contribution in [0.1, 0.15) is 26.2 Å². The highest BCUT2D eigenvalue weighted by Gasteiger charge is 2.20. The van der Waals surface area contributed by atoms with Gasteiger partial charge in [0.25, 0.3) is 0 Å². The monoisotopic (exact) mass is 204 g/mol. The second-order valence-corrected chi connectivity index (χ2v) is 4.79. The van der Waals surface area contributed by atoms with Crippen LogP contribution in [0, 0.1) is 11.8 Å². The maximum atomic E-state index is 5.64. The van der Waals surface area contributed by atoms with Gasteiger partial charge < -0.3 is 11.1 Å². The molecule has 82 valence electrons. The first kappa shape index (κ1) is 10.3. The molecule has 0 aliphatic heterocycles. The van der Waals surface area contributed by atoms with Gasteiger partial charge in [0.05, 0.1) is 0 Å². The number of nitrogen functional groups attached to an aromatic ring is 1. The molecule has 2 rings (SSSR count). The summed E-state index contributed by atoms with van der Waals surface area (Å²) in [6, 6.07) is 7.99. The van der Waals surface area contributed by atoms with Crippen molar-refractivity contribution in [3.63, 3.8) is 0 Å². The van der Waals surface area contributed by atoms with Crippen LogP contribution >= 0.6 is 0 Å². The fraction of sp³-hybridized carbons (Fsp3) is 0.538. The van der Waals surface area contributed by atoms with Crippen LogP contribution in [-0.4, -0.2) is 6.54 Å². The number of hydrogen-bond donors (Lipinski definition) is 2. The van der Waals surface area contributed by atoms with Gasteiger partial charge in [-0.05, 0) is 48.9 Å². The lowest BCUT2D eigenvalue weighted by Gasteiger charge is -2.12. The fourth-order valence-corrected chi connectivity index (χ4v) is 2.37. The first-order valence-electron chi connectivity index (χ1n) is 5.83. The number of rotatable bonds is 3. The largest absolute Gasteiger partial charge is 0.399 e. The van der Waals surface area contributed by atoms with Crippen molar-refractivity contribution < 1.29 is 0 Å². The molecule has 15 heavy (non-hydrogen) atoms. The third-order valence-corrected chi connectivity index (χ3v) is 3.31. The third-order valence-electron chi connectivity index (χ3n) is 3.31. The lowest BCUT2D eigenvalue weighted by molar-refractivity contribution is 0.537. The second-order valence-electron chi connectivity index (χ2n) is 4.79. The predicted molar refractivity (Wildman–Crippen MR) is 65.8 cm³/mol. The summed E-state index contributed by atoms with van der Waals surface area (Å²) in [4.78, 5) is 0. The molecule has 0 spiro atoms. The van der Waals surface area contributed by atoms with Gasteiger partial charge in [0.1, 0.15) is 0 Å². The molecular weight excluding hydrogens is 184 g/mol. The van der Waals surface area contributed by atoms with Gasteiger partial charge in [-0.1, -0.05) is 13.3 Å². The minimum atomic E-state index is 0.829. The Hall–Kier alpha value is -1.18. The molecule has 2 heteroatoms. The van der Waals surface area contributed by atoms with E-state index >= 15 is 0 Å². The van der Waals surface area contributed by atoms with Crippen LogP contribution in [0.3, 0.4) is 0 Å². The molecule has 1 saturated carbocycles. The molecule has 0 amide bonds. The molecule has 2 unspecified atom stereocenters. The molecule has 0 heterocycles. The number of benzene rings is 1. The van der Waals surface area contributed by atoms with E-state index in [0.717, 1.165) is 24.1 Å². The van der Waals surface area contributed by atoms with Gasteiger partial charge in [-0.25, -0.2) is 0 Å². The van der Waals surface area contributed by atoms with Crippen molar-refractivity contribution in [3.05, 3.63) is 24.3 Å². The quantitative estimate of drug-likeness (QED) is 0.742. The summed E-state index contributed by atoms with van der Waals surface area (Å²) < 4.78 is 0. The van der Waals surface area contributed by atoms with Gasteiger partial charge in [0, 0.05) is 17.9 Å². The average molecular weight is 204 g/mol. The molecule has 3 N–H and O–H groups in total. The van der Waals surface area contributed by atoms with Crippen LogP contribution in [0.5, 0.6) is 0 Å². The highest BCUT2D eigenvalue weighted by molar-refractivity contribution is 5.51. The van der Waals surface area contributed by atoms with E-state index in [2.05, 4.69) is 12.2 Å². The van der Waals surface area contributed by atoms with Crippen LogP contribution in [-0.2, 0) is 0 Å². The number of anilines is 2. The molecule has 2 atom stereocenters. The van der Waals surface area contributed by atoms with E-state index in [4.69, 9.17) is 5.73 Å². The van der Waals surface area contributed by atoms with Crippen LogP contribution < -0.4 is 11.1 Å². The van der Waals surface area contributed by atoms with Crippen molar-refractivity contribution in [2.24, 2.45) is 11.8 Å². The Morgan fingerprint density at radius 1 is 1.27 bits per heavy atom. The molecule has 2 nitrogen and oxygen atoms in total. The van der Waals surface area contributed by atoms with Gasteiger partial charge in [0.2, 0.25) is 0 Å². The van der Waals surface area contributed by atoms with Crippen LogP contribution in [0.15, 0.2) is 24.3 Å². The highest BCUT2D eigenvalue weighted by atomic mass is 14.9. The van der Waals surface area contributed by atoms with E-state index in [-0.39, 0.29) is 0 Å². The Labute approximate surface area is 91.9 Å². The second kappa shape index (κ2) is 4.56. The number of hydrogen-bond acceptors (Lipinski definition) is 2. The fourth-order valence-electron chi connectivity index (χ4n) is 2.37. The van der Waals surface area contributed by atoms with Crippen molar-refractivity contribution in [3.8, 4) is 0 Å². The third kappa shape index (κ3) is 2.88. The molecule has 0 radical (unpaired) electrons. The first-order chi connectivity index (χ1) is 7.24. The Balaban J connectivity index is 1.80. The summed E-state index contributed by atoms with van der Waals surface area (Å²) in [6.45, 7) is 3.46. The summed E-state index contributed by atoms with van der Waals surface area (Å²) in [6.07, 6.45) is 4.15. The normalized spacial score (nSPS) is 25.4. The molecule has 1 aromatic carbocycles. The maximum Gasteiger partial charge on any atom is 0.0341 e. The van der Waals surface area contributed by atoms with Crippen molar-refractivity contribution in [1.29, 1.82) is 0 Å². The minimum Gasteiger partial charge on any atom is -0.399 e. The SMILES string of the molecule is CC1CCC(CNc2ccc(N)cc2)C1. The van der Waals surface area contributed by atoms with Crippen LogP contribution in [0.2, 0.25) is 0 Å². The number of nitrogens with two attached hydrogens (primary N) is 1. The molecule has 1 aliphatic carbocycles. The van der Waals surface area contributed by atoms with E-state index in [1.165, 1.54) is 24.9 Å². The van der Waals surface area contributed by atoms with Crippen LogP contribution in [0.25, 0.3) is 0 Å². The molecular formula is C13H20N2. The van der Waals surface area contributed by atoms with Crippen LogP contribution in [0.4, 0.5) is 11.4 Å². The molecule has 1 aliphatic rings. The first-order valence-corrected chi connectivity index (χ1v) is 5.83. The minimum absolute atomic E-state index is 0.829. The summed E-state index contributed by atoms with van der Waals surface area (Å²) in [5.41, 5.74) is 7.65. The zero-order valence-electron chi connectivity index (χ0n) is 9.37. The van der Waals surface area contributed by atoms with E-state index in [0.29, 0.717) is 0 Å². The Bertz CT molecular complexity index is 305. The van der Waals surface area contributed by atoms with Crippen molar-refractivity contribution in [2.45, 2.75) is 26.2 Å². The molecule has 0 saturated heterocycles. The van der Waals surface area contributed by atoms with Crippen molar-refractivity contribution >= 4 is 11.4 Å². The number of nitrogens with one attached hydrogen (secondary N) is 1. The van der Waals surface area contributed by atoms with Gasteiger partial charge in [0.15, 0.2) is 0 Å². The summed E-state index contributed by atoms with van der Waals surface area (Å²) in [5, 5.41) is 3.48. The summed E-state index contributed by atoms with van der Waals surface area (Å²) >= 11 is 0.